The molecular formula is C52H75N7O11. The number of nitrogens with one attached hydrogen (secondary N) is 3. The zero-order valence-corrected chi connectivity index (χ0v) is 42.4. The van der Waals surface area contributed by atoms with Crippen LogP contribution in [0.1, 0.15) is 97.1 Å². The molecule has 1 fully saturated rings. The minimum atomic E-state index is -1.31. The average molecular weight is 974 g/mol. The minimum Gasteiger partial charge on any atom is -0.465 e. The van der Waals surface area contributed by atoms with Crippen molar-refractivity contribution in [3.05, 3.63) is 77.9 Å². The van der Waals surface area contributed by atoms with Gasteiger partial charge in [-0.3, -0.25) is 38.5 Å². The second-order valence-electron chi connectivity index (χ2n) is 18.8. The first kappa shape index (κ1) is 56.4. The summed E-state index contributed by atoms with van der Waals surface area (Å²) < 4.78 is 12.0. The average Bonchev–Trinajstić information content (AvgIpc) is 3.96. The third kappa shape index (κ3) is 15.4. The summed E-state index contributed by atoms with van der Waals surface area (Å²) in [5.74, 6) is -3.40. The lowest BCUT2D eigenvalue weighted by Gasteiger charge is -2.40. The molecule has 18 nitrogen and oxygen atoms in total. The highest BCUT2D eigenvalue weighted by Gasteiger charge is 2.43. The molecule has 2 heterocycles. The largest absolute Gasteiger partial charge is 0.465 e. The van der Waals surface area contributed by atoms with Crippen LogP contribution in [0.15, 0.2) is 66.7 Å². The maximum Gasteiger partial charge on any atom is 0.405 e. The number of hydrogen-bond donors (Lipinski definition) is 4. The minimum absolute atomic E-state index is 0.0698. The van der Waals surface area contributed by atoms with Crippen LogP contribution in [0.25, 0.3) is 0 Å². The standard InChI is InChI=1S/C52H75N7O11/c1-10-34(4)47(57(7)51(66)46(33(2)3)55-52(67)68)41(69-8)31-45(63)58-29-17-20-40(58)48(70-9)35(5)49(64)54-39(30-36-18-13-11-14-19-36)50(65)56(6)38-24-22-37(23-25-38)32-53-42(60)21-15-12-16-28-59-43(61)26-27-44(59)62/h11,13-14,18-19,22-27,33-35,39-41,46-48,55H,10,12,15-17,20-21,28-32H2,1-9H3,(H,53,60)(H,54,64)(H,67,68)/t34-,35+,39-,40-,41+,46-,47-,48+/m0/s1. The van der Waals surface area contributed by atoms with Crippen molar-refractivity contribution in [3.63, 3.8) is 0 Å². The van der Waals surface area contributed by atoms with Gasteiger partial charge in [0.1, 0.15) is 12.1 Å². The van der Waals surface area contributed by atoms with Gasteiger partial charge in [-0.2, -0.15) is 0 Å². The van der Waals surface area contributed by atoms with Gasteiger partial charge in [-0.25, -0.2) is 4.79 Å². The van der Waals surface area contributed by atoms with Gasteiger partial charge in [-0.15, -0.1) is 0 Å². The summed E-state index contributed by atoms with van der Waals surface area (Å²) in [5.41, 5.74) is 2.25. The third-order valence-corrected chi connectivity index (χ3v) is 13.7. The van der Waals surface area contributed by atoms with E-state index in [1.54, 1.807) is 51.9 Å². The third-order valence-electron chi connectivity index (χ3n) is 13.7. The topological polar surface area (TPSA) is 224 Å². The summed E-state index contributed by atoms with van der Waals surface area (Å²) in [7, 11) is 6.25. The van der Waals surface area contributed by atoms with E-state index in [-0.39, 0.29) is 60.8 Å². The molecule has 0 aliphatic carbocycles. The van der Waals surface area contributed by atoms with Crippen LogP contribution in [0.3, 0.4) is 0 Å². The number of unbranched alkanes of at least 4 members (excludes halogenated alkanes) is 2. The van der Waals surface area contributed by atoms with Crippen molar-refractivity contribution in [1.29, 1.82) is 0 Å². The van der Waals surface area contributed by atoms with Gasteiger partial charge < -0.3 is 45.2 Å². The first-order chi connectivity index (χ1) is 33.3. The molecule has 8 atom stereocenters. The van der Waals surface area contributed by atoms with Crippen LogP contribution in [0.2, 0.25) is 0 Å². The molecule has 2 aromatic rings. The van der Waals surface area contributed by atoms with Gasteiger partial charge >= 0.3 is 6.09 Å². The molecule has 4 N–H and O–H groups in total. The Bertz CT molecular complexity index is 2120. The van der Waals surface area contributed by atoms with E-state index >= 15 is 0 Å². The number of carbonyl (C=O) groups excluding carboxylic acids is 7. The molecule has 0 radical (unpaired) electrons. The van der Waals surface area contributed by atoms with E-state index in [9.17, 15) is 43.5 Å². The summed E-state index contributed by atoms with van der Waals surface area (Å²) >= 11 is 0. The lowest BCUT2D eigenvalue weighted by Crippen LogP contribution is -2.57. The van der Waals surface area contributed by atoms with Crippen LogP contribution in [0.4, 0.5) is 10.5 Å². The van der Waals surface area contributed by atoms with Gasteiger partial charge in [0.2, 0.25) is 29.5 Å². The van der Waals surface area contributed by atoms with Gasteiger partial charge in [0.05, 0.1) is 36.6 Å². The van der Waals surface area contributed by atoms with Gasteiger partial charge in [0.25, 0.3) is 11.8 Å². The maximum absolute atomic E-state index is 14.3. The summed E-state index contributed by atoms with van der Waals surface area (Å²) in [6.07, 6.45) is 4.02. The number of hydrogen-bond acceptors (Lipinski definition) is 10. The van der Waals surface area contributed by atoms with E-state index in [2.05, 4.69) is 16.0 Å². The molecule has 2 aromatic carbocycles. The number of ether oxygens (including phenoxy) is 2. The van der Waals surface area contributed by atoms with E-state index in [0.717, 1.165) is 11.1 Å². The van der Waals surface area contributed by atoms with E-state index < -0.39 is 60.2 Å². The number of carboxylic acid groups (broad SMARTS) is 1. The first-order valence-electron chi connectivity index (χ1n) is 24.4. The highest BCUT2D eigenvalue weighted by atomic mass is 16.5. The second kappa shape index (κ2) is 27.3. The molecule has 1 saturated heterocycles. The highest BCUT2D eigenvalue weighted by Crippen LogP contribution is 2.30. The molecular weight excluding hydrogens is 899 g/mol. The Balaban J connectivity index is 1.40. The maximum atomic E-state index is 14.3. The number of likely N-dealkylation sites (N-methyl/N-ethyl adjacent to an activating group) is 2. The Hall–Kier alpha value is -6.14. The fourth-order valence-corrected chi connectivity index (χ4v) is 9.40. The molecule has 18 heteroatoms. The number of anilines is 1. The smallest absolute Gasteiger partial charge is 0.405 e. The first-order valence-corrected chi connectivity index (χ1v) is 24.4. The molecule has 384 valence electrons. The Morgan fingerprint density at radius 2 is 1.49 bits per heavy atom. The van der Waals surface area contributed by atoms with Crippen LogP contribution in [0.5, 0.6) is 0 Å². The number of nitrogens with zero attached hydrogens (tertiary/aromatic N) is 4. The normalized spacial score (nSPS) is 17.6. The molecule has 2 aliphatic heterocycles. The van der Waals surface area contributed by atoms with Gasteiger partial charge in [-0.05, 0) is 60.8 Å². The molecule has 0 unspecified atom stereocenters. The molecule has 0 saturated carbocycles. The lowest BCUT2D eigenvalue weighted by molar-refractivity contribution is -0.147. The quantitative estimate of drug-likeness (QED) is 0.0710. The highest BCUT2D eigenvalue weighted by molar-refractivity contribution is 6.12. The Morgan fingerprint density at radius 3 is 2.07 bits per heavy atom. The van der Waals surface area contributed by atoms with Crippen LogP contribution in [0, 0.1) is 17.8 Å². The fourth-order valence-electron chi connectivity index (χ4n) is 9.40. The van der Waals surface area contributed by atoms with Gasteiger partial charge in [0, 0.05) is 78.6 Å². The zero-order valence-electron chi connectivity index (χ0n) is 42.4. The molecule has 2 aliphatic rings. The van der Waals surface area contributed by atoms with Gasteiger partial charge in [0.15, 0.2) is 0 Å². The van der Waals surface area contributed by atoms with Crippen molar-refractivity contribution in [2.45, 2.75) is 135 Å². The molecule has 0 bridgehead atoms. The van der Waals surface area contributed by atoms with Crippen LogP contribution in [-0.2, 0) is 56.0 Å². The summed E-state index contributed by atoms with van der Waals surface area (Å²) in [5, 5.41) is 17.7. The van der Waals surface area contributed by atoms with Crippen LogP contribution >= 0.6 is 0 Å². The number of benzene rings is 2. The second-order valence-corrected chi connectivity index (χ2v) is 18.8. The SMILES string of the molecule is CC[C@H](C)[C@@H]([C@@H](CC(=O)N1CCC[C@H]1[C@H](OC)[C@@H](C)C(=O)N[C@@H](Cc1ccccc1)C(=O)N(C)c1ccc(CNC(=O)CCCCCN2C(=O)C=CC2=O)cc1)OC)N(C)C(=O)[C@@H](NC(=O)O)C(C)C. The Kier molecular flexibility index (Phi) is 22.0. The van der Waals surface area contributed by atoms with Gasteiger partial charge in [-0.1, -0.05) is 89.9 Å². The summed E-state index contributed by atoms with van der Waals surface area (Å²) in [6.45, 7) is 10.2. The predicted molar refractivity (Wildman–Crippen MR) is 264 cm³/mol. The number of carbonyl (C=O) groups is 8. The van der Waals surface area contributed by atoms with Crippen molar-refractivity contribution in [3.8, 4) is 0 Å². The molecule has 0 aromatic heterocycles. The monoisotopic (exact) mass is 974 g/mol. The summed E-state index contributed by atoms with van der Waals surface area (Å²) in [4.78, 5) is 110. The Morgan fingerprint density at radius 1 is 0.829 bits per heavy atom. The molecule has 4 rings (SSSR count). The molecule has 70 heavy (non-hydrogen) atoms. The van der Waals surface area contributed by atoms with E-state index in [1.807, 2.05) is 56.3 Å². The van der Waals surface area contributed by atoms with E-state index in [4.69, 9.17) is 9.47 Å². The fraction of sp³-hybridized carbons (Fsp3) is 0.577. The van der Waals surface area contributed by atoms with Crippen LogP contribution < -0.4 is 20.9 Å². The zero-order chi connectivity index (χ0) is 51.7. The van der Waals surface area contributed by atoms with Crippen molar-refractivity contribution in [1.82, 2.24) is 30.7 Å². The lowest BCUT2D eigenvalue weighted by atomic mass is 9.89. The predicted octanol–water partition coefficient (Wildman–Crippen LogP) is 4.69. The van der Waals surface area contributed by atoms with Crippen molar-refractivity contribution < 1.29 is 52.9 Å². The number of rotatable bonds is 27. The molecule has 8 amide bonds. The number of likely N-dealkylation sites (tertiary alicyclic amines) is 1. The number of amides is 8. The van der Waals surface area contributed by atoms with Crippen molar-refractivity contribution >= 4 is 53.1 Å². The van der Waals surface area contributed by atoms with Crippen LogP contribution in [-0.4, -0.2) is 145 Å². The number of imide groups is 1. The molecule has 0 spiro atoms. The van der Waals surface area contributed by atoms with Crippen molar-refractivity contribution in [2.24, 2.45) is 17.8 Å². The van der Waals surface area contributed by atoms with E-state index in [1.165, 1.54) is 41.1 Å². The van der Waals surface area contributed by atoms with E-state index in [0.29, 0.717) is 63.7 Å². The Labute approximate surface area is 412 Å². The number of methoxy groups -OCH3 is 2. The summed E-state index contributed by atoms with van der Waals surface area (Å²) in [6, 6.07) is 13.6. The van der Waals surface area contributed by atoms with Crippen molar-refractivity contribution in [2.75, 3.05) is 46.3 Å².